The summed E-state index contributed by atoms with van der Waals surface area (Å²) in [5.41, 5.74) is 3.71. The molecule has 0 bridgehead atoms. The van der Waals surface area contributed by atoms with Crippen LogP contribution in [0, 0.1) is 13.8 Å². The van der Waals surface area contributed by atoms with E-state index in [1.165, 1.54) is 4.90 Å². The van der Waals surface area contributed by atoms with Crippen LogP contribution in [0.1, 0.15) is 23.6 Å². The molecular formula is C20H22N2O3. The fraction of sp³-hybridized carbons (Fsp3) is 0.300. The summed E-state index contributed by atoms with van der Waals surface area (Å²) >= 11 is 0. The van der Waals surface area contributed by atoms with Crippen LogP contribution < -0.4 is 9.64 Å². The van der Waals surface area contributed by atoms with Crippen molar-refractivity contribution in [2.24, 2.45) is 0 Å². The molecule has 0 aliphatic carbocycles. The molecule has 3 amide bonds. The molecule has 25 heavy (non-hydrogen) atoms. The minimum Gasteiger partial charge on any atom is -0.496 e. The number of hydrogen-bond acceptors (Lipinski definition) is 3. The van der Waals surface area contributed by atoms with Gasteiger partial charge in [-0.05, 0) is 39.0 Å². The molecule has 1 heterocycles. The summed E-state index contributed by atoms with van der Waals surface area (Å²) in [6.45, 7) is 5.92. The molecule has 3 rings (SSSR count). The molecule has 5 heteroatoms. The highest BCUT2D eigenvalue weighted by atomic mass is 16.5. The first kappa shape index (κ1) is 17.0. The van der Waals surface area contributed by atoms with Crippen molar-refractivity contribution in [1.29, 1.82) is 0 Å². The molecule has 2 aromatic carbocycles. The Morgan fingerprint density at radius 1 is 1.00 bits per heavy atom. The fourth-order valence-corrected chi connectivity index (χ4v) is 3.11. The van der Waals surface area contributed by atoms with Crippen molar-refractivity contribution in [2.75, 3.05) is 12.0 Å². The van der Waals surface area contributed by atoms with Gasteiger partial charge in [0.1, 0.15) is 11.8 Å². The van der Waals surface area contributed by atoms with Crippen LogP contribution in [0.5, 0.6) is 5.75 Å². The summed E-state index contributed by atoms with van der Waals surface area (Å²) in [4.78, 5) is 28.4. The summed E-state index contributed by atoms with van der Waals surface area (Å²) in [7, 11) is 1.59. The number of benzene rings is 2. The van der Waals surface area contributed by atoms with Crippen LogP contribution in [0.15, 0.2) is 42.5 Å². The van der Waals surface area contributed by atoms with Crippen LogP contribution in [0.2, 0.25) is 0 Å². The molecule has 0 spiro atoms. The van der Waals surface area contributed by atoms with Crippen molar-refractivity contribution in [3.63, 3.8) is 0 Å². The van der Waals surface area contributed by atoms with Gasteiger partial charge in [0.25, 0.3) is 5.91 Å². The number of aryl methyl sites for hydroxylation is 2. The minimum absolute atomic E-state index is 0.200. The first-order valence-electron chi connectivity index (χ1n) is 8.27. The molecule has 0 N–H and O–H groups in total. The lowest BCUT2D eigenvalue weighted by molar-refractivity contribution is -0.127. The summed E-state index contributed by atoms with van der Waals surface area (Å²) in [5, 5.41) is 0. The van der Waals surface area contributed by atoms with Gasteiger partial charge in [-0.25, -0.2) is 4.79 Å². The average Bonchev–Trinajstić information content (AvgIpc) is 2.80. The van der Waals surface area contributed by atoms with Crippen molar-refractivity contribution in [3.8, 4) is 5.75 Å². The monoisotopic (exact) mass is 338 g/mol. The Morgan fingerprint density at radius 2 is 1.64 bits per heavy atom. The van der Waals surface area contributed by atoms with Gasteiger partial charge < -0.3 is 4.74 Å². The number of amides is 3. The highest BCUT2D eigenvalue weighted by molar-refractivity contribution is 6.14. The van der Waals surface area contributed by atoms with Gasteiger partial charge in [0, 0.05) is 11.3 Å². The van der Waals surface area contributed by atoms with Gasteiger partial charge in [-0.2, -0.15) is 0 Å². The highest BCUT2D eigenvalue weighted by Gasteiger charge is 2.43. The van der Waals surface area contributed by atoms with E-state index in [-0.39, 0.29) is 18.5 Å². The van der Waals surface area contributed by atoms with Crippen LogP contribution in [0.4, 0.5) is 10.5 Å². The number of nitrogens with zero attached hydrogens (tertiary/aromatic N) is 2. The zero-order valence-corrected chi connectivity index (χ0v) is 14.9. The summed E-state index contributed by atoms with van der Waals surface area (Å²) < 4.78 is 5.37. The van der Waals surface area contributed by atoms with Crippen molar-refractivity contribution < 1.29 is 14.3 Å². The van der Waals surface area contributed by atoms with Gasteiger partial charge >= 0.3 is 6.03 Å². The third-order valence-corrected chi connectivity index (χ3v) is 4.52. The number of ether oxygens (including phenoxy) is 1. The second-order valence-corrected chi connectivity index (χ2v) is 6.40. The summed E-state index contributed by atoms with van der Waals surface area (Å²) in [6, 6.07) is 12.5. The minimum atomic E-state index is -0.522. The van der Waals surface area contributed by atoms with Crippen LogP contribution in [0.3, 0.4) is 0 Å². The number of carbonyl (C=O) groups excluding carboxylic acids is 2. The maximum absolute atomic E-state index is 12.9. The zero-order valence-electron chi connectivity index (χ0n) is 14.9. The Labute approximate surface area is 147 Å². The van der Waals surface area contributed by atoms with E-state index in [1.807, 2.05) is 56.3 Å². The number of imide groups is 1. The summed E-state index contributed by atoms with van der Waals surface area (Å²) in [6.07, 6.45) is 0. The second kappa shape index (κ2) is 6.59. The highest BCUT2D eigenvalue weighted by Crippen LogP contribution is 2.29. The van der Waals surface area contributed by atoms with Crippen molar-refractivity contribution in [2.45, 2.75) is 33.4 Å². The average molecular weight is 338 g/mol. The van der Waals surface area contributed by atoms with Crippen molar-refractivity contribution in [1.82, 2.24) is 4.90 Å². The molecule has 130 valence electrons. The van der Waals surface area contributed by atoms with Crippen molar-refractivity contribution in [3.05, 3.63) is 59.2 Å². The van der Waals surface area contributed by atoms with Gasteiger partial charge in [-0.15, -0.1) is 0 Å². The van der Waals surface area contributed by atoms with Gasteiger partial charge in [0.15, 0.2) is 0 Å². The molecule has 5 nitrogen and oxygen atoms in total. The first-order chi connectivity index (χ1) is 11.9. The molecule has 1 aliphatic heterocycles. The molecule has 0 radical (unpaired) electrons. The Balaban J connectivity index is 1.91. The summed E-state index contributed by atoms with van der Waals surface area (Å²) in [5.74, 6) is 0.474. The Kier molecular flexibility index (Phi) is 4.49. The smallest absolute Gasteiger partial charge is 0.332 e. The van der Waals surface area contributed by atoms with Gasteiger partial charge in [-0.3, -0.25) is 14.6 Å². The first-order valence-corrected chi connectivity index (χ1v) is 8.27. The maximum atomic E-state index is 12.9. The van der Waals surface area contributed by atoms with Crippen molar-refractivity contribution >= 4 is 17.6 Å². The van der Waals surface area contributed by atoms with Crippen LogP contribution >= 0.6 is 0 Å². The molecule has 0 saturated carbocycles. The number of hydrogen-bond donors (Lipinski definition) is 0. The van der Waals surface area contributed by atoms with E-state index in [4.69, 9.17) is 4.74 Å². The molecule has 1 saturated heterocycles. The quantitative estimate of drug-likeness (QED) is 0.799. The van der Waals surface area contributed by atoms with E-state index < -0.39 is 6.04 Å². The normalized spacial score (nSPS) is 17.4. The third-order valence-electron chi connectivity index (χ3n) is 4.52. The Hall–Kier alpha value is -2.82. The third kappa shape index (κ3) is 3.09. The maximum Gasteiger partial charge on any atom is 0.332 e. The molecule has 0 unspecified atom stereocenters. The number of rotatable bonds is 4. The standard InChI is InChI=1S/C20H22N2O3/c1-13-5-8-17(9-6-13)22-15(3)19(23)21(20(22)24)12-16-11-14(2)7-10-18(16)25-4/h5-11,15H,12H2,1-4H3/t15-/m1/s1. The lowest BCUT2D eigenvalue weighted by Crippen LogP contribution is -2.33. The number of anilines is 1. The molecular weight excluding hydrogens is 316 g/mol. The van der Waals surface area contributed by atoms with E-state index in [1.54, 1.807) is 18.9 Å². The van der Waals surface area contributed by atoms with Crippen LogP contribution in [-0.4, -0.2) is 30.0 Å². The topological polar surface area (TPSA) is 49.9 Å². The fourth-order valence-electron chi connectivity index (χ4n) is 3.11. The lowest BCUT2D eigenvalue weighted by Gasteiger charge is -2.20. The molecule has 0 aromatic heterocycles. The predicted molar refractivity (Wildman–Crippen MR) is 96.8 cm³/mol. The molecule has 1 fully saturated rings. The second-order valence-electron chi connectivity index (χ2n) is 6.40. The Bertz CT molecular complexity index is 814. The zero-order chi connectivity index (χ0) is 18.1. The van der Waals surface area contributed by atoms with Crippen LogP contribution in [-0.2, 0) is 11.3 Å². The number of methoxy groups -OCH3 is 1. The number of carbonyl (C=O) groups is 2. The predicted octanol–water partition coefficient (Wildman–Crippen LogP) is 3.67. The van der Waals surface area contributed by atoms with E-state index >= 15 is 0 Å². The van der Waals surface area contributed by atoms with Gasteiger partial charge in [0.05, 0.1) is 13.7 Å². The molecule has 1 aliphatic rings. The van der Waals surface area contributed by atoms with E-state index in [0.29, 0.717) is 5.75 Å². The van der Waals surface area contributed by atoms with Gasteiger partial charge in [0.2, 0.25) is 0 Å². The molecule has 1 atom stereocenters. The van der Waals surface area contributed by atoms with E-state index in [0.717, 1.165) is 22.4 Å². The SMILES string of the molecule is COc1ccc(C)cc1CN1C(=O)[C@@H](C)N(c2ccc(C)cc2)C1=O. The lowest BCUT2D eigenvalue weighted by atomic mass is 10.1. The van der Waals surface area contributed by atoms with E-state index in [9.17, 15) is 9.59 Å². The van der Waals surface area contributed by atoms with Crippen LogP contribution in [0.25, 0.3) is 0 Å². The number of urea groups is 1. The molecule has 2 aromatic rings. The van der Waals surface area contributed by atoms with Gasteiger partial charge in [-0.1, -0.05) is 35.4 Å². The largest absolute Gasteiger partial charge is 0.496 e. The van der Waals surface area contributed by atoms with E-state index in [2.05, 4.69) is 0 Å². The Morgan fingerprint density at radius 3 is 2.28 bits per heavy atom.